The largest absolute Gasteiger partial charge is 0.378 e. The second-order valence-electron chi connectivity index (χ2n) is 17.2. The van der Waals surface area contributed by atoms with Gasteiger partial charge >= 0.3 is 0 Å². The third-order valence-corrected chi connectivity index (χ3v) is 15.5. The van der Waals surface area contributed by atoms with E-state index in [0.29, 0.717) is 24.1 Å². The fourth-order valence-electron chi connectivity index (χ4n) is 8.60. The Labute approximate surface area is 347 Å². The Morgan fingerprint density at radius 3 is 2.17 bits per heavy atom. The highest BCUT2D eigenvalue weighted by molar-refractivity contribution is 6.98. The van der Waals surface area contributed by atoms with Gasteiger partial charge in [-0.05, 0) is 141 Å². The van der Waals surface area contributed by atoms with Crippen molar-refractivity contribution in [1.29, 1.82) is 0 Å². The van der Waals surface area contributed by atoms with Crippen LogP contribution in [-0.2, 0) is 22.6 Å². The molecule has 0 bridgehead atoms. The van der Waals surface area contributed by atoms with E-state index in [4.69, 9.17) is 0 Å². The number of unbranched alkanes of at least 4 members (excludes halogenated alkanes) is 3. The molecule has 4 aromatic carbocycles. The SMILES string of the molecule is C=C(C)C(=O)CCCCCCc1c2ccccc2c(CNCCCNC(=O)C(=C)C)c2ccc(C3=C4C=CC(=[N+](C)C)C=C4[Si](C)(C)c4cc(N(C)C)ccc43)cc12. The van der Waals surface area contributed by atoms with Gasteiger partial charge in [0.2, 0.25) is 5.91 Å². The summed E-state index contributed by atoms with van der Waals surface area (Å²) in [6.45, 7) is 18.3. The van der Waals surface area contributed by atoms with E-state index in [2.05, 4.69) is 153 Å². The molecule has 6 nitrogen and oxygen atoms in total. The van der Waals surface area contributed by atoms with Crippen LogP contribution in [0.5, 0.6) is 0 Å². The van der Waals surface area contributed by atoms with E-state index in [1.54, 1.807) is 6.92 Å². The summed E-state index contributed by atoms with van der Waals surface area (Å²) >= 11 is 0. The van der Waals surface area contributed by atoms with Crippen LogP contribution in [0.4, 0.5) is 5.69 Å². The Balaban J connectivity index is 1.47. The molecule has 0 aromatic heterocycles. The van der Waals surface area contributed by atoms with Gasteiger partial charge in [-0.3, -0.25) is 9.59 Å². The molecule has 0 atom stereocenters. The summed E-state index contributed by atoms with van der Waals surface area (Å²) in [5, 5.41) is 14.8. The number of anilines is 1. The number of carbonyl (C=O) groups excluding carboxylic acids is 2. The molecule has 0 saturated carbocycles. The van der Waals surface area contributed by atoms with E-state index in [1.807, 2.05) is 6.92 Å². The number of Topliss-reactive ketones (excluding diaryl/α,β-unsaturated/α-hetero) is 1. The molecule has 1 aliphatic heterocycles. The molecule has 0 fully saturated rings. The van der Waals surface area contributed by atoms with Gasteiger partial charge in [0.25, 0.3) is 0 Å². The molecule has 2 aliphatic rings. The standard InChI is InChI=1S/C51H62N4O2Si/c1-34(2)47(56)21-14-12-11-13-18-40-39-19-15-16-20-41(39)46(33-52-28-17-29-53-51(57)35(3)4)42-25-22-36(30-45(40)42)50-43-26-23-37(54(5)6)31-48(43)58(9,10)49-32-38(55(7)8)24-27-44(49)50/h15-16,19-20,22-27,30-32,52H,1,3,11-14,17-18,21,28-29,33H2,2,4-10H3/p+1. The van der Waals surface area contributed by atoms with Crippen molar-refractivity contribution in [2.45, 2.75) is 78.4 Å². The van der Waals surface area contributed by atoms with Gasteiger partial charge in [0.15, 0.2) is 11.5 Å². The van der Waals surface area contributed by atoms with Crippen molar-refractivity contribution in [3.8, 4) is 0 Å². The van der Waals surface area contributed by atoms with Crippen molar-refractivity contribution in [2.24, 2.45) is 0 Å². The summed E-state index contributed by atoms with van der Waals surface area (Å²) in [5.41, 5.74) is 11.6. The summed E-state index contributed by atoms with van der Waals surface area (Å²) in [5.74, 6) is 0.0858. The minimum atomic E-state index is -2.09. The number of ketones is 1. The lowest BCUT2D eigenvalue weighted by Crippen LogP contribution is -2.49. The van der Waals surface area contributed by atoms with Crippen LogP contribution in [0.3, 0.4) is 0 Å². The maximum atomic E-state index is 12.2. The Kier molecular flexibility index (Phi) is 13.3. The number of aryl methyl sites for hydroxylation is 1. The Bertz CT molecular complexity index is 2420. The second kappa shape index (κ2) is 18.2. The van der Waals surface area contributed by atoms with Crippen molar-refractivity contribution < 1.29 is 14.2 Å². The summed E-state index contributed by atoms with van der Waals surface area (Å²) in [4.78, 5) is 26.5. The first-order chi connectivity index (χ1) is 27.7. The molecule has 1 amide bonds. The van der Waals surface area contributed by atoms with Gasteiger partial charge in [0, 0.05) is 57.0 Å². The van der Waals surface area contributed by atoms with Crippen molar-refractivity contribution in [3.63, 3.8) is 0 Å². The predicted octanol–water partition coefficient (Wildman–Crippen LogP) is 9.35. The monoisotopic (exact) mass is 791 g/mol. The molecule has 302 valence electrons. The molecule has 0 saturated heterocycles. The quantitative estimate of drug-likeness (QED) is 0.0368. The van der Waals surface area contributed by atoms with Gasteiger partial charge in [-0.25, -0.2) is 4.58 Å². The smallest absolute Gasteiger partial charge is 0.246 e. The zero-order valence-electron chi connectivity index (χ0n) is 36.2. The van der Waals surface area contributed by atoms with Crippen LogP contribution in [-0.4, -0.2) is 71.3 Å². The van der Waals surface area contributed by atoms with Crippen LogP contribution in [0, 0.1) is 0 Å². The molecule has 4 aromatic rings. The summed E-state index contributed by atoms with van der Waals surface area (Å²) in [7, 11) is 6.44. The van der Waals surface area contributed by atoms with Crippen molar-refractivity contribution in [2.75, 3.05) is 46.2 Å². The van der Waals surface area contributed by atoms with Gasteiger partial charge in [-0.15, -0.1) is 0 Å². The van der Waals surface area contributed by atoms with E-state index in [-0.39, 0.29) is 11.7 Å². The van der Waals surface area contributed by atoms with Gasteiger partial charge < -0.3 is 15.5 Å². The number of nitrogens with zero attached hydrogens (tertiary/aromatic N) is 2. The average molecular weight is 792 g/mol. The summed E-state index contributed by atoms with van der Waals surface area (Å²) in [6.07, 6.45) is 13.5. The third-order valence-electron chi connectivity index (χ3n) is 12.0. The summed E-state index contributed by atoms with van der Waals surface area (Å²) < 4.78 is 2.22. The van der Waals surface area contributed by atoms with Crippen LogP contribution in [0.1, 0.15) is 74.6 Å². The number of rotatable bonds is 17. The topological polar surface area (TPSA) is 64.5 Å². The van der Waals surface area contributed by atoms with Crippen LogP contribution in [0.15, 0.2) is 114 Å². The number of benzene rings is 4. The average Bonchev–Trinajstić information content (AvgIpc) is 3.20. The molecular formula is C51H63N4O2Si+. The molecule has 0 unspecified atom stereocenters. The molecule has 7 heteroatoms. The highest BCUT2D eigenvalue weighted by atomic mass is 28.3. The van der Waals surface area contributed by atoms with Crippen LogP contribution in [0.2, 0.25) is 13.1 Å². The lowest BCUT2D eigenvalue weighted by atomic mass is 9.85. The van der Waals surface area contributed by atoms with Gasteiger partial charge in [0.1, 0.15) is 22.2 Å². The van der Waals surface area contributed by atoms with Crippen molar-refractivity contribution >= 4 is 63.5 Å². The number of fused-ring (bicyclic) bond motifs is 4. The number of allylic oxidation sites excluding steroid dienone is 6. The van der Waals surface area contributed by atoms with Crippen molar-refractivity contribution in [3.05, 3.63) is 136 Å². The van der Waals surface area contributed by atoms with E-state index < -0.39 is 8.07 Å². The van der Waals surface area contributed by atoms with Gasteiger partial charge in [-0.1, -0.05) is 81.6 Å². The van der Waals surface area contributed by atoms with E-state index in [9.17, 15) is 9.59 Å². The number of hydrogen-bond donors (Lipinski definition) is 2. The number of nitrogens with one attached hydrogen (secondary N) is 2. The fourth-order valence-corrected chi connectivity index (χ4v) is 11.7. The second-order valence-corrected chi connectivity index (χ2v) is 21.5. The minimum Gasteiger partial charge on any atom is -0.378 e. The van der Waals surface area contributed by atoms with E-state index in [0.717, 1.165) is 51.6 Å². The molecule has 0 spiro atoms. The maximum Gasteiger partial charge on any atom is 0.246 e. The number of hydrogen-bond acceptors (Lipinski definition) is 4. The maximum absolute atomic E-state index is 12.2. The first-order valence-electron chi connectivity index (χ1n) is 21.0. The summed E-state index contributed by atoms with van der Waals surface area (Å²) in [6, 6.07) is 23.2. The molecule has 1 aliphatic carbocycles. The van der Waals surface area contributed by atoms with Crippen LogP contribution < -0.4 is 20.7 Å². The third kappa shape index (κ3) is 8.96. The Hall–Kier alpha value is -5.11. The molecule has 0 radical (unpaired) electrons. The fraction of sp³-hybridized carbons (Fsp3) is 0.353. The van der Waals surface area contributed by atoms with Gasteiger partial charge in [0.05, 0.1) is 0 Å². The van der Waals surface area contributed by atoms with Gasteiger partial charge in [-0.2, -0.15) is 0 Å². The zero-order chi connectivity index (χ0) is 41.7. The number of carbonyl (C=O) groups is 2. The van der Waals surface area contributed by atoms with Crippen LogP contribution >= 0.6 is 0 Å². The van der Waals surface area contributed by atoms with E-state index in [1.165, 1.54) is 76.7 Å². The van der Waals surface area contributed by atoms with Crippen LogP contribution in [0.25, 0.3) is 27.1 Å². The highest BCUT2D eigenvalue weighted by Gasteiger charge is 2.40. The molecule has 58 heavy (non-hydrogen) atoms. The van der Waals surface area contributed by atoms with E-state index >= 15 is 0 Å². The highest BCUT2D eigenvalue weighted by Crippen LogP contribution is 2.44. The first-order valence-corrected chi connectivity index (χ1v) is 24.0. The molecule has 2 N–H and O–H groups in total. The normalized spacial score (nSPS) is 14.3. The zero-order valence-corrected chi connectivity index (χ0v) is 37.2. The van der Waals surface area contributed by atoms with Crippen molar-refractivity contribution in [1.82, 2.24) is 10.6 Å². The first kappa shape index (κ1) is 42.5. The molecule has 1 heterocycles. The lowest BCUT2D eigenvalue weighted by Gasteiger charge is -2.38. The predicted molar refractivity (Wildman–Crippen MR) is 250 cm³/mol. The Morgan fingerprint density at radius 2 is 1.48 bits per heavy atom. The lowest BCUT2D eigenvalue weighted by molar-refractivity contribution is -0.462. The molecule has 6 rings (SSSR count). The molecular weight excluding hydrogens is 729 g/mol. The Morgan fingerprint density at radius 1 is 0.776 bits per heavy atom. The minimum absolute atomic E-state index is 0.0907. The number of amides is 1.